The first-order valence-corrected chi connectivity index (χ1v) is 7.22. The molecule has 0 unspecified atom stereocenters. The van der Waals surface area contributed by atoms with Crippen LogP contribution in [0.15, 0.2) is 40.8 Å². The quantitative estimate of drug-likeness (QED) is 0.806. The van der Waals surface area contributed by atoms with Crippen molar-refractivity contribution in [2.75, 3.05) is 13.7 Å². The van der Waals surface area contributed by atoms with Gasteiger partial charge in [-0.15, -0.1) is 0 Å². The molecule has 2 aromatic rings. The van der Waals surface area contributed by atoms with Gasteiger partial charge in [0.2, 0.25) is 0 Å². The van der Waals surface area contributed by atoms with Gasteiger partial charge in [-0.3, -0.25) is 0 Å². The molecule has 0 fully saturated rings. The molecule has 1 aromatic carbocycles. The second-order valence-electron chi connectivity index (χ2n) is 5.36. The molecule has 1 aromatic heterocycles. The Labute approximate surface area is 126 Å². The van der Waals surface area contributed by atoms with Crippen molar-refractivity contribution in [3.05, 3.63) is 47.9 Å². The lowest BCUT2D eigenvalue weighted by molar-refractivity contribution is 0.263. The molecule has 1 heterocycles. The van der Waals surface area contributed by atoms with E-state index in [1.165, 1.54) is 0 Å². The van der Waals surface area contributed by atoms with Crippen LogP contribution in [0.4, 0.5) is 0 Å². The minimum Gasteiger partial charge on any atom is -0.497 e. The van der Waals surface area contributed by atoms with Crippen LogP contribution in [0.25, 0.3) is 0 Å². The Morgan fingerprint density at radius 3 is 2.62 bits per heavy atom. The SMILES string of the molecule is COc1cccc(OCc2ccc(CNCC(C)C)o2)c1. The molecule has 1 N–H and O–H groups in total. The Balaban J connectivity index is 1.82. The Morgan fingerprint density at radius 2 is 1.86 bits per heavy atom. The van der Waals surface area contributed by atoms with Gasteiger partial charge in [0.1, 0.15) is 29.6 Å². The van der Waals surface area contributed by atoms with Gasteiger partial charge in [0.15, 0.2) is 0 Å². The smallest absolute Gasteiger partial charge is 0.146 e. The second-order valence-corrected chi connectivity index (χ2v) is 5.36. The normalized spacial score (nSPS) is 10.9. The highest BCUT2D eigenvalue weighted by Crippen LogP contribution is 2.20. The zero-order valence-electron chi connectivity index (χ0n) is 12.9. The molecular weight excluding hydrogens is 266 g/mol. The van der Waals surface area contributed by atoms with Gasteiger partial charge in [-0.05, 0) is 36.7 Å². The molecule has 0 aliphatic heterocycles. The summed E-state index contributed by atoms with van der Waals surface area (Å²) >= 11 is 0. The van der Waals surface area contributed by atoms with E-state index in [4.69, 9.17) is 13.9 Å². The average molecular weight is 289 g/mol. The summed E-state index contributed by atoms with van der Waals surface area (Å²) in [5.41, 5.74) is 0. The van der Waals surface area contributed by atoms with Gasteiger partial charge in [0.25, 0.3) is 0 Å². The van der Waals surface area contributed by atoms with Crippen molar-refractivity contribution in [2.45, 2.75) is 27.0 Å². The summed E-state index contributed by atoms with van der Waals surface area (Å²) in [6.45, 7) is 6.51. The Kier molecular flexibility index (Phi) is 5.69. The van der Waals surface area contributed by atoms with Gasteiger partial charge in [0, 0.05) is 6.07 Å². The average Bonchev–Trinajstić information content (AvgIpc) is 2.93. The fourth-order valence-electron chi connectivity index (χ4n) is 1.92. The fraction of sp³-hybridized carbons (Fsp3) is 0.412. The lowest BCUT2D eigenvalue weighted by atomic mass is 10.2. The third-order valence-corrected chi connectivity index (χ3v) is 2.99. The minimum absolute atomic E-state index is 0.414. The van der Waals surface area contributed by atoms with Gasteiger partial charge in [-0.2, -0.15) is 0 Å². The van der Waals surface area contributed by atoms with E-state index in [0.29, 0.717) is 12.5 Å². The first-order valence-electron chi connectivity index (χ1n) is 7.22. The van der Waals surface area contributed by atoms with Gasteiger partial charge >= 0.3 is 0 Å². The zero-order valence-corrected chi connectivity index (χ0v) is 12.9. The second kappa shape index (κ2) is 7.74. The minimum atomic E-state index is 0.414. The van der Waals surface area contributed by atoms with Crippen molar-refractivity contribution in [1.82, 2.24) is 5.32 Å². The summed E-state index contributed by atoms with van der Waals surface area (Å²) in [7, 11) is 1.64. The third-order valence-electron chi connectivity index (χ3n) is 2.99. The number of methoxy groups -OCH3 is 1. The Morgan fingerprint density at radius 1 is 1.10 bits per heavy atom. The van der Waals surface area contributed by atoms with Crippen molar-refractivity contribution in [2.24, 2.45) is 5.92 Å². The summed E-state index contributed by atoms with van der Waals surface area (Å²) in [5, 5.41) is 3.35. The Hall–Kier alpha value is -1.94. The summed E-state index contributed by atoms with van der Waals surface area (Å²) in [4.78, 5) is 0. The molecule has 0 radical (unpaired) electrons. The van der Waals surface area contributed by atoms with Crippen LogP contribution in [-0.2, 0) is 13.2 Å². The maximum absolute atomic E-state index is 5.73. The largest absolute Gasteiger partial charge is 0.497 e. The highest BCUT2D eigenvalue weighted by molar-refractivity contribution is 5.32. The van der Waals surface area contributed by atoms with E-state index >= 15 is 0 Å². The van der Waals surface area contributed by atoms with Gasteiger partial charge in [-0.1, -0.05) is 19.9 Å². The molecule has 0 aliphatic rings. The molecule has 0 aliphatic carbocycles. The summed E-state index contributed by atoms with van der Waals surface area (Å²) < 4.78 is 16.6. The molecule has 0 amide bonds. The lowest BCUT2D eigenvalue weighted by Gasteiger charge is -2.06. The number of hydrogen-bond acceptors (Lipinski definition) is 4. The van der Waals surface area contributed by atoms with Crippen LogP contribution in [0.2, 0.25) is 0 Å². The molecule has 0 saturated carbocycles. The van der Waals surface area contributed by atoms with Crippen LogP contribution in [0, 0.1) is 5.92 Å². The van der Waals surface area contributed by atoms with E-state index < -0.39 is 0 Å². The van der Waals surface area contributed by atoms with Crippen molar-refractivity contribution in [3.63, 3.8) is 0 Å². The Bertz CT molecular complexity index is 548. The van der Waals surface area contributed by atoms with Crippen LogP contribution in [0.3, 0.4) is 0 Å². The number of benzene rings is 1. The molecule has 2 rings (SSSR count). The predicted octanol–water partition coefficient (Wildman–Crippen LogP) is 3.61. The summed E-state index contributed by atoms with van der Waals surface area (Å²) in [5.74, 6) is 3.94. The van der Waals surface area contributed by atoms with Crippen molar-refractivity contribution < 1.29 is 13.9 Å². The number of ether oxygens (including phenoxy) is 2. The number of hydrogen-bond donors (Lipinski definition) is 1. The number of furan rings is 1. The van der Waals surface area contributed by atoms with Gasteiger partial charge < -0.3 is 19.2 Å². The number of nitrogens with one attached hydrogen (secondary N) is 1. The standard InChI is InChI=1S/C17H23NO3/c1-13(2)10-18-11-16-7-8-17(21-16)12-20-15-6-4-5-14(9-15)19-3/h4-9,13,18H,10-12H2,1-3H3. The number of rotatable bonds is 8. The van der Waals surface area contributed by atoms with E-state index in [2.05, 4.69) is 19.2 Å². The maximum atomic E-state index is 5.73. The highest BCUT2D eigenvalue weighted by atomic mass is 16.5. The zero-order chi connectivity index (χ0) is 15.1. The molecule has 0 bridgehead atoms. The molecule has 114 valence electrons. The monoisotopic (exact) mass is 289 g/mol. The predicted molar refractivity (Wildman–Crippen MR) is 82.6 cm³/mol. The maximum Gasteiger partial charge on any atom is 0.146 e. The van der Waals surface area contributed by atoms with Crippen molar-refractivity contribution >= 4 is 0 Å². The molecule has 21 heavy (non-hydrogen) atoms. The van der Waals surface area contributed by atoms with Crippen LogP contribution in [0.5, 0.6) is 11.5 Å². The molecule has 4 nitrogen and oxygen atoms in total. The summed E-state index contributed by atoms with van der Waals surface area (Å²) in [6, 6.07) is 11.5. The van der Waals surface area contributed by atoms with Crippen LogP contribution in [0.1, 0.15) is 25.4 Å². The van der Waals surface area contributed by atoms with Crippen LogP contribution in [-0.4, -0.2) is 13.7 Å². The van der Waals surface area contributed by atoms with Crippen LogP contribution < -0.4 is 14.8 Å². The molecule has 0 saturated heterocycles. The first-order chi connectivity index (χ1) is 10.2. The molecule has 4 heteroatoms. The van der Waals surface area contributed by atoms with Crippen molar-refractivity contribution in [3.8, 4) is 11.5 Å². The van der Waals surface area contributed by atoms with Gasteiger partial charge in [0.05, 0.1) is 13.7 Å². The van der Waals surface area contributed by atoms with Gasteiger partial charge in [-0.25, -0.2) is 0 Å². The van der Waals surface area contributed by atoms with E-state index in [1.807, 2.05) is 36.4 Å². The topological polar surface area (TPSA) is 43.6 Å². The third kappa shape index (κ3) is 5.16. The molecule has 0 atom stereocenters. The van der Waals surface area contributed by atoms with E-state index in [-0.39, 0.29) is 0 Å². The first kappa shape index (κ1) is 15.4. The van der Waals surface area contributed by atoms with Crippen LogP contribution >= 0.6 is 0 Å². The van der Waals surface area contributed by atoms with E-state index in [9.17, 15) is 0 Å². The fourth-order valence-corrected chi connectivity index (χ4v) is 1.92. The van der Waals surface area contributed by atoms with E-state index in [1.54, 1.807) is 7.11 Å². The molecule has 0 spiro atoms. The molecular formula is C17H23NO3. The highest BCUT2D eigenvalue weighted by Gasteiger charge is 2.04. The lowest BCUT2D eigenvalue weighted by Crippen LogP contribution is -2.18. The van der Waals surface area contributed by atoms with Crippen molar-refractivity contribution in [1.29, 1.82) is 0 Å². The summed E-state index contributed by atoms with van der Waals surface area (Å²) in [6.07, 6.45) is 0. The van der Waals surface area contributed by atoms with E-state index in [0.717, 1.165) is 36.1 Å².